The summed E-state index contributed by atoms with van der Waals surface area (Å²) in [5.74, 6) is -1.23. The molecule has 176 valence electrons. The molecule has 2 aromatic carbocycles. The Bertz CT molecular complexity index is 1340. The second-order valence-corrected chi connectivity index (χ2v) is 10.8. The topological polar surface area (TPSA) is 94.8 Å². The summed E-state index contributed by atoms with van der Waals surface area (Å²) >= 11 is 1.29. The molecule has 9 heteroatoms. The van der Waals surface area contributed by atoms with E-state index in [1.807, 2.05) is 12.1 Å². The van der Waals surface area contributed by atoms with Gasteiger partial charge in [0.05, 0.1) is 33.0 Å². The number of sulfone groups is 1. The molecule has 1 aromatic heterocycles. The van der Waals surface area contributed by atoms with Gasteiger partial charge in [0.25, 0.3) is 5.91 Å². The van der Waals surface area contributed by atoms with Gasteiger partial charge in [-0.3, -0.25) is 9.59 Å². The summed E-state index contributed by atoms with van der Waals surface area (Å²) in [6, 6.07) is 12.1. The van der Waals surface area contributed by atoms with E-state index in [9.17, 15) is 18.0 Å². The molecule has 7 nitrogen and oxygen atoms in total. The lowest BCUT2D eigenvalue weighted by molar-refractivity contribution is -0.143. The van der Waals surface area contributed by atoms with E-state index in [1.165, 1.54) is 36.0 Å². The van der Waals surface area contributed by atoms with E-state index in [0.717, 1.165) is 29.5 Å². The van der Waals surface area contributed by atoms with E-state index in [4.69, 9.17) is 4.74 Å². The molecule has 0 radical (unpaired) electrons. The van der Waals surface area contributed by atoms with Crippen LogP contribution in [0.1, 0.15) is 49.5 Å². The lowest BCUT2D eigenvalue weighted by atomic mass is 10.1. The third-order valence-electron chi connectivity index (χ3n) is 5.19. The maximum atomic E-state index is 13.1. The number of carbonyl (C=O) groups excluding carboxylic acids is 2. The minimum Gasteiger partial charge on any atom is -0.465 e. The third kappa shape index (κ3) is 5.78. The largest absolute Gasteiger partial charge is 0.465 e. The van der Waals surface area contributed by atoms with Gasteiger partial charge in [-0.2, -0.15) is 4.99 Å². The summed E-state index contributed by atoms with van der Waals surface area (Å²) in [6.45, 7) is 5.55. The zero-order valence-corrected chi connectivity index (χ0v) is 20.7. The molecule has 0 aliphatic heterocycles. The first-order valence-corrected chi connectivity index (χ1v) is 13.5. The van der Waals surface area contributed by atoms with Gasteiger partial charge in [0.1, 0.15) is 6.54 Å². The van der Waals surface area contributed by atoms with Gasteiger partial charge in [0.2, 0.25) is 0 Å². The fourth-order valence-corrected chi connectivity index (χ4v) is 5.62. The lowest BCUT2D eigenvalue weighted by Gasteiger charge is -2.07. The molecular weight excluding hydrogens is 460 g/mol. The van der Waals surface area contributed by atoms with E-state index >= 15 is 0 Å². The Morgan fingerprint density at radius 3 is 2.55 bits per heavy atom. The molecule has 0 N–H and O–H groups in total. The highest BCUT2D eigenvalue weighted by atomic mass is 32.2. The van der Waals surface area contributed by atoms with Gasteiger partial charge < -0.3 is 9.30 Å². The van der Waals surface area contributed by atoms with Crippen LogP contribution in [-0.2, 0) is 32.3 Å². The van der Waals surface area contributed by atoms with Crippen LogP contribution in [0, 0.1) is 0 Å². The number of carbonyl (C=O) groups is 2. The molecule has 0 fully saturated rings. The molecule has 0 saturated heterocycles. The van der Waals surface area contributed by atoms with Gasteiger partial charge in [-0.25, -0.2) is 8.42 Å². The van der Waals surface area contributed by atoms with Crippen molar-refractivity contribution in [3.05, 3.63) is 58.4 Å². The standard InChI is InChI=1S/C24H28N2O5S2/c1-4-7-10-17-13-14-19-20(15-17)32-24(26(19)16-22(27)31-5-2)25-23(28)18-11-8-9-12-21(18)33(29,30)6-3/h8-9,11-15H,4-7,10,16H2,1-3H3. The van der Waals surface area contributed by atoms with Crippen LogP contribution in [0.3, 0.4) is 0 Å². The summed E-state index contributed by atoms with van der Waals surface area (Å²) in [6.07, 6.45) is 3.09. The van der Waals surface area contributed by atoms with Crippen molar-refractivity contribution in [3.8, 4) is 0 Å². The van der Waals surface area contributed by atoms with Crippen molar-refractivity contribution in [3.63, 3.8) is 0 Å². The normalized spacial score (nSPS) is 12.3. The van der Waals surface area contributed by atoms with Crippen LogP contribution in [-0.4, -0.2) is 37.2 Å². The van der Waals surface area contributed by atoms with E-state index < -0.39 is 21.7 Å². The fraction of sp³-hybridized carbons (Fsp3) is 0.375. The number of amides is 1. The molecule has 0 aliphatic carbocycles. The molecule has 33 heavy (non-hydrogen) atoms. The van der Waals surface area contributed by atoms with E-state index in [1.54, 1.807) is 23.6 Å². The number of aromatic nitrogens is 1. The van der Waals surface area contributed by atoms with Crippen molar-refractivity contribution in [2.24, 2.45) is 4.99 Å². The number of fused-ring (bicyclic) bond motifs is 1. The first-order valence-electron chi connectivity index (χ1n) is 11.0. The van der Waals surface area contributed by atoms with Gasteiger partial charge in [0.15, 0.2) is 14.6 Å². The van der Waals surface area contributed by atoms with E-state index in [-0.39, 0.29) is 29.4 Å². The van der Waals surface area contributed by atoms with Gasteiger partial charge in [-0.05, 0) is 49.6 Å². The summed E-state index contributed by atoms with van der Waals surface area (Å²) in [4.78, 5) is 29.9. The number of ether oxygens (including phenoxy) is 1. The third-order valence-corrected chi connectivity index (χ3v) is 8.02. The van der Waals surface area contributed by atoms with Crippen molar-refractivity contribution in [1.82, 2.24) is 4.57 Å². The van der Waals surface area contributed by atoms with Crippen molar-refractivity contribution >= 4 is 43.3 Å². The molecule has 1 heterocycles. The van der Waals surface area contributed by atoms with Gasteiger partial charge in [-0.15, -0.1) is 0 Å². The molecule has 0 atom stereocenters. The van der Waals surface area contributed by atoms with E-state index in [0.29, 0.717) is 4.80 Å². The maximum Gasteiger partial charge on any atom is 0.326 e. The predicted octanol–water partition coefficient (Wildman–Crippen LogP) is 4.14. The monoisotopic (exact) mass is 488 g/mol. The first-order chi connectivity index (χ1) is 15.8. The molecule has 1 amide bonds. The van der Waals surface area contributed by atoms with Crippen LogP contribution in [0.2, 0.25) is 0 Å². The zero-order valence-electron chi connectivity index (χ0n) is 19.0. The number of rotatable bonds is 9. The van der Waals surface area contributed by atoms with Gasteiger partial charge >= 0.3 is 5.97 Å². The zero-order chi connectivity index (χ0) is 24.0. The van der Waals surface area contributed by atoms with Crippen LogP contribution in [0.15, 0.2) is 52.4 Å². The van der Waals surface area contributed by atoms with Crippen molar-refractivity contribution in [1.29, 1.82) is 0 Å². The lowest BCUT2D eigenvalue weighted by Crippen LogP contribution is -2.23. The number of hydrogen-bond donors (Lipinski definition) is 0. The average molecular weight is 489 g/mol. The van der Waals surface area contributed by atoms with Crippen molar-refractivity contribution in [2.45, 2.75) is 51.5 Å². The Morgan fingerprint density at radius 2 is 1.85 bits per heavy atom. The summed E-state index contributed by atoms with van der Waals surface area (Å²) in [7, 11) is -3.60. The minimum atomic E-state index is -3.60. The Balaban J connectivity index is 2.14. The SMILES string of the molecule is CCCCc1ccc2c(c1)sc(=NC(=O)c1ccccc1S(=O)(=O)CC)n2CC(=O)OCC. The highest BCUT2D eigenvalue weighted by molar-refractivity contribution is 7.91. The Kier molecular flexibility index (Phi) is 8.20. The molecule has 0 saturated carbocycles. The van der Waals surface area contributed by atoms with Gasteiger partial charge in [0, 0.05) is 0 Å². The van der Waals surface area contributed by atoms with Crippen LogP contribution >= 0.6 is 11.3 Å². The number of aryl methyl sites for hydroxylation is 1. The molecule has 0 bridgehead atoms. The smallest absolute Gasteiger partial charge is 0.326 e. The van der Waals surface area contributed by atoms with E-state index in [2.05, 4.69) is 18.0 Å². The fourth-order valence-electron chi connectivity index (χ4n) is 3.44. The first kappa shape index (κ1) is 24.9. The summed E-state index contributed by atoms with van der Waals surface area (Å²) < 4.78 is 32.6. The quantitative estimate of drug-likeness (QED) is 0.422. The average Bonchev–Trinajstić information content (AvgIpc) is 3.13. The summed E-state index contributed by atoms with van der Waals surface area (Å²) in [5.41, 5.74) is 1.96. The van der Waals surface area contributed by atoms with Gasteiger partial charge in [-0.1, -0.05) is 49.8 Å². The molecular formula is C24H28N2O5S2. The maximum absolute atomic E-state index is 13.1. The van der Waals surface area contributed by atoms with Crippen LogP contribution < -0.4 is 4.80 Å². The second-order valence-electron chi connectivity index (χ2n) is 7.50. The Labute approximate surface area is 197 Å². The number of nitrogens with zero attached hydrogens (tertiary/aromatic N) is 2. The number of thiazole rings is 1. The van der Waals surface area contributed by atoms with Crippen LogP contribution in [0.25, 0.3) is 10.2 Å². The highest BCUT2D eigenvalue weighted by Crippen LogP contribution is 2.22. The molecule has 0 spiro atoms. The number of unbranched alkanes of at least 4 members (excludes halogenated alkanes) is 1. The minimum absolute atomic E-state index is 0.0168. The second kappa shape index (κ2) is 10.9. The molecule has 3 aromatic rings. The van der Waals surface area contributed by atoms with Crippen LogP contribution in [0.4, 0.5) is 0 Å². The Morgan fingerprint density at radius 1 is 1.09 bits per heavy atom. The molecule has 0 unspecified atom stereocenters. The number of esters is 1. The Hall–Kier alpha value is -2.78. The number of hydrogen-bond acceptors (Lipinski definition) is 6. The van der Waals surface area contributed by atoms with Crippen LogP contribution in [0.5, 0.6) is 0 Å². The summed E-state index contributed by atoms with van der Waals surface area (Å²) in [5, 5.41) is 0. The predicted molar refractivity (Wildman–Crippen MR) is 129 cm³/mol. The number of benzene rings is 2. The van der Waals surface area contributed by atoms with Crippen molar-refractivity contribution < 1.29 is 22.7 Å². The van der Waals surface area contributed by atoms with Crippen molar-refractivity contribution in [2.75, 3.05) is 12.4 Å². The molecule has 3 rings (SSSR count). The highest BCUT2D eigenvalue weighted by Gasteiger charge is 2.21. The molecule has 0 aliphatic rings.